The third-order valence-electron chi connectivity index (χ3n) is 3.41. The molecule has 0 saturated carbocycles. The maximum atomic E-state index is 13.2. The molecule has 0 spiro atoms. The lowest BCUT2D eigenvalue weighted by Crippen LogP contribution is -2.32. The summed E-state index contributed by atoms with van der Waals surface area (Å²) in [5, 5.41) is 11.8. The third kappa shape index (κ3) is 4.07. The largest absolute Gasteiger partial charge is 0.394 e. The van der Waals surface area contributed by atoms with Gasteiger partial charge in [-0.05, 0) is 38.0 Å². The Morgan fingerprint density at radius 3 is 2.19 bits per heavy atom. The van der Waals surface area contributed by atoms with Crippen LogP contribution in [0, 0.1) is 17.5 Å². The van der Waals surface area contributed by atoms with Crippen molar-refractivity contribution in [1.29, 1.82) is 0 Å². The fourth-order valence-corrected chi connectivity index (χ4v) is 1.74. The SMILES string of the molecule is CC/C(C)=C(/C)C(=O)NC(CO)c1cc(F)c(F)c(F)c1. The first-order valence-electron chi connectivity index (χ1n) is 6.54. The van der Waals surface area contributed by atoms with E-state index in [0.29, 0.717) is 12.0 Å². The zero-order chi connectivity index (χ0) is 16.2. The van der Waals surface area contributed by atoms with Crippen LogP contribution in [0.25, 0.3) is 0 Å². The zero-order valence-electron chi connectivity index (χ0n) is 12.1. The second-order valence-electron chi connectivity index (χ2n) is 4.77. The molecule has 1 aromatic rings. The molecule has 1 atom stereocenters. The van der Waals surface area contributed by atoms with Crippen LogP contribution in [0.2, 0.25) is 0 Å². The van der Waals surface area contributed by atoms with Crippen LogP contribution >= 0.6 is 0 Å². The van der Waals surface area contributed by atoms with Crippen LogP contribution < -0.4 is 5.32 Å². The highest BCUT2D eigenvalue weighted by molar-refractivity contribution is 5.93. The molecule has 0 aliphatic rings. The summed E-state index contributed by atoms with van der Waals surface area (Å²) in [5.41, 5.74) is 1.30. The van der Waals surface area contributed by atoms with Crippen LogP contribution in [-0.4, -0.2) is 17.6 Å². The Bertz CT molecular complexity index is 547. The summed E-state index contributed by atoms with van der Waals surface area (Å²) in [5.74, 6) is -4.76. The highest BCUT2D eigenvalue weighted by Gasteiger charge is 2.19. The van der Waals surface area contributed by atoms with Gasteiger partial charge >= 0.3 is 0 Å². The first-order chi connectivity index (χ1) is 9.81. The van der Waals surface area contributed by atoms with Gasteiger partial charge in [-0.3, -0.25) is 4.79 Å². The fraction of sp³-hybridized carbons (Fsp3) is 0.400. The monoisotopic (exact) mass is 301 g/mol. The van der Waals surface area contributed by atoms with Crippen molar-refractivity contribution >= 4 is 5.91 Å². The number of hydrogen-bond donors (Lipinski definition) is 2. The highest BCUT2D eigenvalue weighted by Crippen LogP contribution is 2.20. The summed E-state index contributed by atoms with van der Waals surface area (Å²) in [4.78, 5) is 12.0. The predicted octanol–water partition coefficient (Wildman–Crippen LogP) is 3.00. The molecule has 0 aliphatic carbocycles. The molecule has 1 unspecified atom stereocenters. The van der Waals surface area contributed by atoms with Crippen molar-refractivity contribution in [2.24, 2.45) is 0 Å². The van der Waals surface area contributed by atoms with Gasteiger partial charge in [-0.15, -0.1) is 0 Å². The zero-order valence-corrected chi connectivity index (χ0v) is 12.1. The van der Waals surface area contributed by atoms with Crippen LogP contribution in [0.1, 0.15) is 38.8 Å². The topological polar surface area (TPSA) is 49.3 Å². The normalized spacial score (nSPS) is 13.7. The van der Waals surface area contributed by atoms with Crippen molar-refractivity contribution in [3.05, 3.63) is 46.3 Å². The Balaban J connectivity index is 3.02. The smallest absolute Gasteiger partial charge is 0.247 e. The van der Waals surface area contributed by atoms with Gasteiger partial charge in [-0.2, -0.15) is 0 Å². The van der Waals surface area contributed by atoms with Gasteiger partial charge in [0.25, 0.3) is 0 Å². The molecule has 3 nitrogen and oxygen atoms in total. The Morgan fingerprint density at radius 2 is 1.76 bits per heavy atom. The highest BCUT2D eigenvalue weighted by atomic mass is 19.2. The predicted molar refractivity (Wildman–Crippen MR) is 73.0 cm³/mol. The molecule has 0 bridgehead atoms. The number of carbonyl (C=O) groups is 1. The van der Waals surface area contributed by atoms with Crippen molar-refractivity contribution in [2.45, 2.75) is 33.2 Å². The molecule has 1 aromatic carbocycles. The number of benzene rings is 1. The van der Waals surface area contributed by atoms with Crippen molar-refractivity contribution < 1.29 is 23.1 Å². The van der Waals surface area contributed by atoms with Gasteiger partial charge < -0.3 is 10.4 Å². The van der Waals surface area contributed by atoms with Gasteiger partial charge in [0, 0.05) is 5.57 Å². The molecule has 0 aromatic heterocycles. The first-order valence-corrected chi connectivity index (χ1v) is 6.54. The maximum Gasteiger partial charge on any atom is 0.247 e. The van der Waals surface area contributed by atoms with Gasteiger partial charge in [-0.1, -0.05) is 12.5 Å². The number of hydrogen-bond acceptors (Lipinski definition) is 2. The summed E-state index contributed by atoms with van der Waals surface area (Å²) >= 11 is 0. The van der Waals surface area contributed by atoms with Crippen LogP contribution in [0.5, 0.6) is 0 Å². The van der Waals surface area contributed by atoms with Gasteiger partial charge in [0.1, 0.15) is 0 Å². The number of rotatable bonds is 5. The van der Waals surface area contributed by atoms with E-state index >= 15 is 0 Å². The first kappa shape index (κ1) is 17.2. The Hall–Kier alpha value is -1.82. The minimum absolute atomic E-state index is 0.0378. The van der Waals surface area contributed by atoms with Crippen LogP contribution in [0.3, 0.4) is 0 Å². The maximum absolute atomic E-state index is 13.2. The van der Waals surface area contributed by atoms with Crippen LogP contribution in [-0.2, 0) is 4.79 Å². The fourth-order valence-electron chi connectivity index (χ4n) is 1.74. The average molecular weight is 301 g/mol. The van der Waals surface area contributed by atoms with E-state index in [-0.39, 0.29) is 5.56 Å². The Labute approximate surface area is 121 Å². The number of allylic oxidation sites excluding steroid dienone is 1. The minimum Gasteiger partial charge on any atom is -0.394 e. The number of aliphatic hydroxyl groups is 1. The van der Waals surface area contributed by atoms with Gasteiger partial charge in [0.15, 0.2) is 17.5 Å². The molecule has 0 heterocycles. The van der Waals surface area contributed by atoms with E-state index in [1.807, 2.05) is 6.92 Å². The van der Waals surface area contributed by atoms with Crippen molar-refractivity contribution in [2.75, 3.05) is 6.61 Å². The summed E-state index contributed by atoms with van der Waals surface area (Å²) in [7, 11) is 0. The summed E-state index contributed by atoms with van der Waals surface area (Å²) in [6.07, 6.45) is 0.683. The van der Waals surface area contributed by atoms with Crippen molar-refractivity contribution in [1.82, 2.24) is 5.32 Å². The lowest BCUT2D eigenvalue weighted by molar-refractivity contribution is -0.118. The molecule has 21 heavy (non-hydrogen) atoms. The Kier molecular flexibility index (Phi) is 5.96. The molecular weight excluding hydrogens is 283 g/mol. The van der Waals surface area contributed by atoms with Crippen molar-refractivity contribution in [3.63, 3.8) is 0 Å². The summed E-state index contributed by atoms with van der Waals surface area (Å²) in [6.45, 7) is 4.74. The van der Waals surface area contributed by atoms with E-state index in [1.165, 1.54) is 0 Å². The minimum atomic E-state index is -1.58. The molecular formula is C15H18F3NO2. The third-order valence-corrected chi connectivity index (χ3v) is 3.41. The molecule has 6 heteroatoms. The quantitative estimate of drug-likeness (QED) is 0.649. The second-order valence-corrected chi connectivity index (χ2v) is 4.77. The molecule has 0 radical (unpaired) electrons. The average Bonchev–Trinajstić information content (AvgIpc) is 2.47. The van der Waals surface area contributed by atoms with Gasteiger partial charge in [0.2, 0.25) is 5.91 Å². The van der Waals surface area contributed by atoms with E-state index in [0.717, 1.165) is 17.7 Å². The molecule has 116 valence electrons. The van der Waals surface area contributed by atoms with E-state index in [1.54, 1.807) is 13.8 Å². The summed E-state index contributed by atoms with van der Waals surface area (Å²) < 4.78 is 39.3. The summed E-state index contributed by atoms with van der Waals surface area (Å²) in [6, 6.07) is 0.498. The number of carbonyl (C=O) groups excluding carboxylic acids is 1. The number of nitrogens with one attached hydrogen (secondary N) is 1. The van der Waals surface area contributed by atoms with Crippen LogP contribution in [0.15, 0.2) is 23.3 Å². The van der Waals surface area contributed by atoms with E-state index in [9.17, 15) is 23.1 Å². The number of amides is 1. The van der Waals surface area contributed by atoms with Gasteiger partial charge in [-0.25, -0.2) is 13.2 Å². The molecule has 0 saturated heterocycles. The Morgan fingerprint density at radius 1 is 1.24 bits per heavy atom. The van der Waals surface area contributed by atoms with Gasteiger partial charge in [0.05, 0.1) is 12.6 Å². The number of halogens is 3. The molecule has 1 amide bonds. The van der Waals surface area contributed by atoms with Crippen LogP contribution in [0.4, 0.5) is 13.2 Å². The number of aliphatic hydroxyl groups excluding tert-OH is 1. The molecule has 0 fully saturated rings. The molecule has 0 aliphatic heterocycles. The second kappa shape index (κ2) is 7.26. The molecule has 1 rings (SSSR count). The lowest BCUT2D eigenvalue weighted by Gasteiger charge is -2.18. The lowest BCUT2D eigenvalue weighted by atomic mass is 10.0. The van der Waals surface area contributed by atoms with E-state index in [2.05, 4.69) is 5.32 Å². The molecule has 2 N–H and O–H groups in total. The standard InChI is InChI=1S/C15H18F3NO2/c1-4-8(2)9(3)15(21)19-13(7-20)10-5-11(16)14(18)12(17)6-10/h5-6,13,20H,4,7H2,1-3H3,(H,19,21)/b9-8-. The van der Waals surface area contributed by atoms with E-state index < -0.39 is 36.0 Å². The van der Waals surface area contributed by atoms with E-state index in [4.69, 9.17) is 0 Å². The van der Waals surface area contributed by atoms with Crippen molar-refractivity contribution in [3.8, 4) is 0 Å².